The second-order valence-electron chi connectivity index (χ2n) is 4.73. The van der Waals surface area contributed by atoms with E-state index in [2.05, 4.69) is 26.6 Å². The molecular formula is C14H21BrN3O3+. The van der Waals surface area contributed by atoms with Crippen LogP contribution < -0.4 is 20.7 Å². The molecule has 0 unspecified atom stereocenters. The summed E-state index contributed by atoms with van der Waals surface area (Å²) in [5.74, 6) is 0.435. The first-order chi connectivity index (χ1) is 9.88. The van der Waals surface area contributed by atoms with Crippen LogP contribution in [0.3, 0.4) is 0 Å². The van der Waals surface area contributed by atoms with Crippen molar-refractivity contribution in [3.05, 3.63) is 28.2 Å². The Kier molecular flexibility index (Phi) is 6.64. The van der Waals surface area contributed by atoms with Gasteiger partial charge in [0.05, 0.1) is 11.6 Å². The molecule has 7 heteroatoms. The molecule has 1 aromatic carbocycles. The summed E-state index contributed by atoms with van der Waals surface area (Å²) in [7, 11) is 3.08. The summed E-state index contributed by atoms with van der Waals surface area (Å²) < 4.78 is 6.06. The number of carbonyl (C=O) groups excluding carboxylic acids is 2. The highest BCUT2D eigenvalue weighted by atomic mass is 79.9. The molecule has 0 saturated carbocycles. The van der Waals surface area contributed by atoms with Gasteiger partial charge >= 0.3 is 6.03 Å². The molecule has 0 spiro atoms. The van der Waals surface area contributed by atoms with Crippen LogP contribution >= 0.6 is 15.9 Å². The smallest absolute Gasteiger partial charge is 0.321 e. The van der Waals surface area contributed by atoms with Crippen molar-refractivity contribution >= 4 is 27.9 Å². The summed E-state index contributed by atoms with van der Waals surface area (Å²) in [6, 6.07) is 4.98. The Morgan fingerprint density at radius 1 is 1.33 bits per heavy atom. The highest BCUT2D eigenvalue weighted by molar-refractivity contribution is 9.10. The highest BCUT2D eigenvalue weighted by Crippen LogP contribution is 2.27. The second-order valence-corrected chi connectivity index (χ2v) is 5.59. The van der Waals surface area contributed by atoms with Crippen LogP contribution in [0.4, 0.5) is 4.79 Å². The van der Waals surface area contributed by atoms with Crippen molar-refractivity contribution in [2.75, 3.05) is 14.2 Å². The molecule has 0 aliphatic carbocycles. The summed E-state index contributed by atoms with van der Waals surface area (Å²) >= 11 is 3.44. The molecule has 6 nitrogen and oxygen atoms in total. The van der Waals surface area contributed by atoms with Gasteiger partial charge in [-0.05, 0) is 48.0 Å². The van der Waals surface area contributed by atoms with Gasteiger partial charge in [0.2, 0.25) is 0 Å². The van der Waals surface area contributed by atoms with Crippen LogP contribution in [0.1, 0.15) is 25.5 Å². The number of hydrogen-bond acceptors (Lipinski definition) is 3. The molecule has 0 aliphatic rings. The van der Waals surface area contributed by atoms with Crippen molar-refractivity contribution in [2.45, 2.75) is 25.9 Å². The molecule has 0 aliphatic heterocycles. The fourth-order valence-electron chi connectivity index (χ4n) is 1.89. The average molecular weight is 359 g/mol. The normalized spacial score (nSPS) is 13.2. The Hall–Kier alpha value is -1.60. The van der Waals surface area contributed by atoms with Crippen molar-refractivity contribution in [2.24, 2.45) is 0 Å². The maximum absolute atomic E-state index is 11.8. The van der Waals surface area contributed by atoms with E-state index in [1.54, 1.807) is 14.0 Å². The molecule has 0 radical (unpaired) electrons. The minimum Gasteiger partial charge on any atom is -0.496 e. The van der Waals surface area contributed by atoms with Gasteiger partial charge in [0, 0.05) is 12.6 Å². The zero-order valence-electron chi connectivity index (χ0n) is 12.6. The fraction of sp³-hybridized carbons (Fsp3) is 0.429. The van der Waals surface area contributed by atoms with Gasteiger partial charge in [-0.25, -0.2) is 4.79 Å². The summed E-state index contributed by atoms with van der Waals surface area (Å²) in [4.78, 5) is 22.9. The summed E-state index contributed by atoms with van der Waals surface area (Å²) in [5.41, 5.74) is 1.06. The van der Waals surface area contributed by atoms with E-state index in [1.807, 2.05) is 30.4 Å². The minimum absolute atomic E-state index is 0.0673. The van der Waals surface area contributed by atoms with Crippen LogP contribution in [-0.2, 0) is 4.79 Å². The number of methoxy groups -OCH3 is 1. The molecule has 0 saturated heterocycles. The first-order valence-corrected chi connectivity index (χ1v) is 7.39. The van der Waals surface area contributed by atoms with Gasteiger partial charge in [-0.15, -0.1) is 0 Å². The van der Waals surface area contributed by atoms with Gasteiger partial charge in [-0.3, -0.25) is 10.1 Å². The van der Waals surface area contributed by atoms with E-state index in [0.29, 0.717) is 0 Å². The lowest BCUT2D eigenvalue weighted by Crippen LogP contribution is -2.92. The molecule has 0 bridgehead atoms. The standard InChI is InChI=1S/C14H20BrN3O3/c1-8(10-5-6-12(21-4)11(15)7-10)17-9(2)13(19)18-14(20)16-3/h5-9,17H,1-4H3,(H2,16,18,19,20)/p+1/t8-,9-/m0/s1. The lowest BCUT2D eigenvalue weighted by Gasteiger charge is -2.17. The SMILES string of the molecule is CNC(=O)NC(=O)[C@H](C)[NH2+][C@@H](C)c1ccc(OC)c(Br)c1. The Balaban J connectivity index is 2.67. The number of nitrogens with two attached hydrogens (primary N) is 1. The maximum Gasteiger partial charge on any atom is 0.321 e. The number of carbonyl (C=O) groups is 2. The van der Waals surface area contributed by atoms with Crippen molar-refractivity contribution in [3.63, 3.8) is 0 Å². The number of halogens is 1. The van der Waals surface area contributed by atoms with E-state index < -0.39 is 6.03 Å². The Morgan fingerprint density at radius 3 is 2.52 bits per heavy atom. The number of ether oxygens (including phenoxy) is 1. The van der Waals surface area contributed by atoms with E-state index in [1.165, 1.54) is 7.05 Å². The van der Waals surface area contributed by atoms with Gasteiger partial charge in [0.1, 0.15) is 11.8 Å². The van der Waals surface area contributed by atoms with E-state index in [-0.39, 0.29) is 18.0 Å². The third kappa shape index (κ3) is 5.02. The van der Waals surface area contributed by atoms with Crippen molar-refractivity contribution < 1.29 is 19.6 Å². The van der Waals surface area contributed by atoms with Crippen LogP contribution in [0, 0.1) is 0 Å². The number of imide groups is 1. The quantitative estimate of drug-likeness (QED) is 0.731. The molecule has 2 atom stereocenters. The maximum atomic E-state index is 11.8. The molecule has 21 heavy (non-hydrogen) atoms. The molecule has 3 amide bonds. The number of nitrogens with one attached hydrogen (secondary N) is 2. The molecule has 0 heterocycles. The van der Waals surface area contributed by atoms with Gasteiger partial charge in [0.25, 0.3) is 5.91 Å². The molecule has 0 fully saturated rings. The summed E-state index contributed by atoms with van der Waals surface area (Å²) in [5, 5.41) is 6.51. The fourth-order valence-corrected chi connectivity index (χ4v) is 2.44. The zero-order chi connectivity index (χ0) is 16.0. The molecule has 1 rings (SSSR count). The highest BCUT2D eigenvalue weighted by Gasteiger charge is 2.22. The van der Waals surface area contributed by atoms with Crippen LogP contribution in [0.2, 0.25) is 0 Å². The first-order valence-electron chi connectivity index (χ1n) is 6.60. The lowest BCUT2D eigenvalue weighted by molar-refractivity contribution is -0.710. The largest absolute Gasteiger partial charge is 0.496 e. The van der Waals surface area contributed by atoms with Crippen LogP contribution in [0.15, 0.2) is 22.7 Å². The number of rotatable bonds is 5. The second kappa shape index (κ2) is 7.99. The van der Waals surface area contributed by atoms with Crippen molar-refractivity contribution in [1.29, 1.82) is 0 Å². The molecular weight excluding hydrogens is 338 g/mol. The van der Waals surface area contributed by atoms with Gasteiger partial charge < -0.3 is 15.4 Å². The first kappa shape index (κ1) is 17.5. The number of urea groups is 1. The zero-order valence-corrected chi connectivity index (χ0v) is 14.2. The molecule has 0 aromatic heterocycles. The van der Waals surface area contributed by atoms with Gasteiger partial charge in [-0.2, -0.15) is 0 Å². The number of quaternary nitrogens is 1. The topological polar surface area (TPSA) is 84.0 Å². The predicted octanol–water partition coefficient (Wildman–Crippen LogP) is 0.926. The van der Waals surface area contributed by atoms with Crippen molar-refractivity contribution in [3.8, 4) is 5.75 Å². The van der Waals surface area contributed by atoms with Crippen LogP contribution in [-0.4, -0.2) is 32.1 Å². The summed E-state index contributed by atoms with van der Waals surface area (Å²) in [6.07, 6.45) is 0. The average Bonchev–Trinajstić information content (AvgIpc) is 2.46. The Labute approximate surface area is 132 Å². The molecule has 1 aromatic rings. The molecule has 116 valence electrons. The van der Waals surface area contributed by atoms with E-state index in [4.69, 9.17) is 4.74 Å². The monoisotopic (exact) mass is 358 g/mol. The van der Waals surface area contributed by atoms with Crippen LogP contribution in [0.5, 0.6) is 5.75 Å². The number of hydrogen-bond donors (Lipinski definition) is 3. The number of amides is 3. The third-order valence-electron chi connectivity index (χ3n) is 3.16. The Morgan fingerprint density at radius 2 is 2.00 bits per heavy atom. The van der Waals surface area contributed by atoms with E-state index in [0.717, 1.165) is 15.8 Å². The van der Waals surface area contributed by atoms with E-state index in [9.17, 15) is 9.59 Å². The minimum atomic E-state index is -0.500. The lowest BCUT2D eigenvalue weighted by atomic mass is 10.1. The third-order valence-corrected chi connectivity index (χ3v) is 3.78. The number of benzene rings is 1. The summed E-state index contributed by atoms with van der Waals surface area (Å²) in [6.45, 7) is 3.76. The van der Waals surface area contributed by atoms with Gasteiger partial charge in [-0.1, -0.05) is 0 Å². The van der Waals surface area contributed by atoms with Crippen LogP contribution in [0.25, 0.3) is 0 Å². The Bertz CT molecular complexity index is 522. The van der Waals surface area contributed by atoms with E-state index >= 15 is 0 Å². The predicted molar refractivity (Wildman–Crippen MR) is 83.1 cm³/mol. The van der Waals surface area contributed by atoms with Gasteiger partial charge in [0.15, 0.2) is 6.04 Å². The molecule has 4 N–H and O–H groups in total. The van der Waals surface area contributed by atoms with Crippen molar-refractivity contribution in [1.82, 2.24) is 10.6 Å².